The van der Waals surface area contributed by atoms with Crippen LogP contribution in [0.5, 0.6) is 0 Å². The van der Waals surface area contributed by atoms with E-state index in [0.29, 0.717) is 5.92 Å². The van der Waals surface area contributed by atoms with Gasteiger partial charge in [-0.2, -0.15) is 0 Å². The van der Waals surface area contributed by atoms with Crippen LogP contribution in [0.25, 0.3) is 0 Å². The highest BCUT2D eigenvalue weighted by Crippen LogP contribution is 2.32. The van der Waals surface area contributed by atoms with Crippen molar-refractivity contribution in [3.8, 4) is 0 Å². The molecule has 0 spiro atoms. The first-order valence-electron chi connectivity index (χ1n) is 11.1. The molecule has 2 fully saturated rings. The number of hydrogen-bond donors (Lipinski definition) is 1. The van der Waals surface area contributed by atoms with Crippen molar-refractivity contribution in [2.45, 2.75) is 51.1 Å². The molecule has 1 amide bonds. The van der Waals surface area contributed by atoms with Crippen LogP contribution in [0.1, 0.15) is 49.7 Å². The normalized spacial score (nSPS) is 24.9. The SMILES string of the molecule is C[C@@H]1CN(CCC2CCC(NC(=O)c3ncco3)CC2)CCN1c1cccc(F)c1Cl. The number of oxazole rings is 1. The summed E-state index contributed by atoms with van der Waals surface area (Å²) in [6.07, 6.45) is 8.33. The Kier molecular flexibility index (Phi) is 7.13. The van der Waals surface area contributed by atoms with Gasteiger partial charge >= 0.3 is 5.91 Å². The largest absolute Gasteiger partial charge is 0.441 e. The fraction of sp³-hybridized carbons (Fsp3) is 0.565. The Hall–Kier alpha value is -2.12. The maximum Gasteiger partial charge on any atom is 0.307 e. The van der Waals surface area contributed by atoms with Gasteiger partial charge in [-0.15, -0.1) is 0 Å². The molecule has 1 aromatic carbocycles. The average Bonchev–Trinajstić information content (AvgIpc) is 3.31. The number of carbonyl (C=O) groups excluding carboxylic acids is 1. The molecule has 6 nitrogen and oxygen atoms in total. The Balaban J connectivity index is 1.19. The molecule has 1 aliphatic heterocycles. The summed E-state index contributed by atoms with van der Waals surface area (Å²) in [5.74, 6) is 0.246. The van der Waals surface area contributed by atoms with Crippen molar-refractivity contribution in [3.05, 3.63) is 47.4 Å². The van der Waals surface area contributed by atoms with Gasteiger partial charge in [0.1, 0.15) is 12.1 Å². The van der Waals surface area contributed by atoms with Gasteiger partial charge in [-0.25, -0.2) is 9.37 Å². The van der Waals surface area contributed by atoms with E-state index in [1.807, 2.05) is 6.07 Å². The third-order valence-corrected chi connectivity index (χ3v) is 6.99. The van der Waals surface area contributed by atoms with Gasteiger partial charge in [0.25, 0.3) is 5.89 Å². The monoisotopic (exact) mass is 448 g/mol. The van der Waals surface area contributed by atoms with Crippen LogP contribution in [0.2, 0.25) is 5.02 Å². The molecule has 31 heavy (non-hydrogen) atoms. The number of aromatic nitrogens is 1. The van der Waals surface area contributed by atoms with Crippen molar-refractivity contribution >= 4 is 23.2 Å². The molecular weight excluding hydrogens is 419 g/mol. The Labute approximate surface area is 187 Å². The van der Waals surface area contributed by atoms with E-state index in [2.05, 4.69) is 27.0 Å². The maximum atomic E-state index is 13.8. The topological polar surface area (TPSA) is 61.6 Å². The number of rotatable bonds is 6. The zero-order chi connectivity index (χ0) is 21.8. The molecule has 0 unspecified atom stereocenters. The second-order valence-electron chi connectivity index (χ2n) is 8.73. The van der Waals surface area contributed by atoms with E-state index >= 15 is 0 Å². The molecule has 1 saturated carbocycles. The number of nitrogens with zero attached hydrogens (tertiary/aromatic N) is 3. The van der Waals surface area contributed by atoms with Crippen LogP contribution in [0, 0.1) is 11.7 Å². The van der Waals surface area contributed by atoms with Gasteiger partial charge in [0.05, 0.1) is 16.9 Å². The number of piperazine rings is 1. The van der Waals surface area contributed by atoms with E-state index < -0.39 is 0 Å². The molecule has 0 radical (unpaired) electrons. The molecule has 2 aliphatic rings. The molecule has 2 heterocycles. The molecule has 2 aromatic rings. The van der Waals surface area contributed by atoms with Crippen molar-refractivity contribution in [3.63, 3.8) is 0 Å². The summed E-state index contributed by atoms with van der Waals surface area (Å²) >= 11 is 6.20. The van der Waals surface area contributed by atoms with Crippen molar-refractivity contribution in [2.24, 2.45) is 5.92 Å². The van der Waals surface area contributed by atoms with E-state index in [1.165, 1.54) is 24.9 Å². The summed E-state index contributed by atoms with van der Waals surface area (Å²) in [7, 11) is 0. The molecular formula is C23H30ClFN4O2. The van der Waals surface area contributed by atoms with Crippen LogP contribution >= 0.6 is 11.6 Å². The number of carbonyl (C=O) groups is 1. The van der Waals surface area contributed by atoms with Crippen LogP contribution in [0.3, 0.4) is 0 Å². The second-order valence-corrected chi connectivity index (χ2v) is 9.11. The molecule has 0 bridgehead atoms. The number of halogens is 2. The minimum absolute atomic E-state index is 0.134. The Bertz CT molecular complexity index is 870. The Morgan fingerprint density at radius 2 is 2.10 bits per heavy atom. The highest BCUT2D eigenvalue weighted by atomic mass is 35.5. The standard InChI is InChI=1S/C23H30ClFN4O2/c1-16-15-28(12-13-29(16)20-4-2-3-19(25)21(20)24)11-9-17-5-7-18(8-6-17)27-22(30)23-26-10-14-31-23/h2-4,10,14,16-18H,5-9,11-13,15H2,1H3,(H,27,30)/t16-,17?,18?/m1/s1. The van der Waals surface area contributed by atoms with Crippen molar-refractivity contribution in [1.29, 1.82) is 0 Å². The summed E-state index contributed by atoms with van der Waals surface area (Å²) in [6, 6.07) is 5.52. The van der Waals surface area contributed by atoms with Crippen LogP contribution < -0.4 is 10.2 Å². The van der Waals surface area contributed by atoms with Gasteiger partial charge in [-0.05, 0) is 63.6 Å². The molecule has 8 heteroatoms. The lowest BCUT2D eigenvalue weighted by atomic mass is 9.84. The van der Waals surface area contributed by atoms with Crippen LogP contribution in [-0.2, 0) is 0 Å². The third kappa shape index (κ3) is 5.39. The number of amides is 1. The summed E-state index contributed by atoms with van der Waals surface area (Å²) in [4.78, 5) is 20.7. The minimum Gasteiger partial charge on any atom is -0.441 e. The molecule has 1 N–H and O–H groups in total. The van der Waals surface area contributed by atoms with Crippen molar-refractivity contribution < 1.29 is 13.6 Å². The quantitative estimate of drug-likeness (QED) is 0.711. The second kappa shape index (κ2) is 10.0. The third-order valence-electron chi connectivity index (χ3n) is 6.61. The maximum absolute atomic E-state index is 13.8. The van der Waals surface area contributed by atoms with Gasteiger partial charge in [-0.1, -0.05) is 17.7 Å². The first-order valence-corrected chi connectivity index (χ1v) is 11.5. The average molecular weight is 449 g/mol. The predicted octanol–water partition coefficient (Wildman–Crippen LogP) is 4.36. The Morgan fingerprint density at radius 3 is 2.81 bits per heavy atom. The summed E-state index contributed by atoms with van der Waals surface area (Å²) in [5, 5.41) is 3.25. The highest BCUT2D eigenvalue weighted by Gasteiger charge is 2.28. The van der Waals surface area contributed by atoms with E-state index in [4.69, 9.17) is 16.0 Å². The van der Waals surface area contributed by atoms with E-state index in [9.17, 15) is 9.18 Å². The Morgan fingerprint density at radius 1 is 1.29 bits per heavy atom. The number of nitrogens with one attached hydrogen (secondary N) is 1. The van der Waals surface area contributed by atoms with E-state index in [1.54, 1.807) is 6.07 Å². The lowest BCUT2D eigenvalue weighted by molar-refractivity contribution is 0.0884. The zero-order valence-electron chi connectivity index (χ0n) is 17.9. The van der Waals surface area contributed by atoms with Gasteiger partial charge < -0.3 is 14.6 Å². The smallest absolute Gasteiger partial charge is 0.307 e. The summed E-state index contributed by atoms with van der Waals surface area (Å²) in [6.45, 7) is 6.01. The number of hydrogen-bond acceptors (Lipinski definition) is 5. The molecule has 4 rings (SSSR count). The lowest BCUT2D eigenvalue weighted by Gasteiger charge is -2.42. The first-order chi connectivity index (χ1) is 15.0. The van der Waals surface area contributed by atoms with Crippen LogP contribution in [-0.4, -0.2) is 54.1 Å². The zero-order valence-corrected chi connectivity index (χ0v) is 18.7. The fourth-order valence-electron chi connectivity index (χ4n) is 4.85. The molecule has 1 aliphatic carbocycles. The fourth-order valence-corrected chi connectivity index (χ4v) is 5.09. The first kappa shape index (κ1) is 22.1. The summed E-state index contributed by atoms with van der Waals surface area (Å²) in [5.41, 5.74) is 0.791. The van der Waals surface area contributed by atoms with E-state index in [0.717, 1.165) is 57.5 Å². The van der Waals surface area contributed by atoms with Gasteiger partial charge in [0, 0.05) is 31.7 Å². The highest BCUT2D eigenvalue weighted by molar-refractivity contribution is 6.33. The van der Waals surface area contributed by atoms with Gasteiger partial charge in [0.2, 0.25) is 0 Å². The molecule has 168 valence electrons. The van der Waals surface area contributed by atoms with E-state index in [-0.39, 0.29) is 34.7 Å². The summed E-state index contributed by atoms with van der Waals surface area (Å²) < 4.78 is 18.9. The predicted molar refractivity (Wildman–Crippen MR) is 119 cm³/mol. The molecule has 1 saturated heterocycles. The van der Waals surface area contributed by atoms with Crippen molar-refractivity contribution in [2.75, 3.05) is 31.1 Å². The number of benzene rings is 1. The molecule has 1 atom stereocenters. The van der Waals surface area contributed by atoms with Gasteiger partial charge in [-0.3, -0.25) is 9.69 Å². The van der Waals surface area contributed by atoms with Gasteiger partial charge in [0.15, 0.2) is 0 Å². The van der Waals surface area contributed by atoms with Crippen LogP contribution in [0.15, 0.2) is 35.1 Å². The molecule has 1 aromatic heterocycles. The number of anilines is 1. The minimum atomic E-state index is -0.360. The van der Waals surface area contributed by atoms with Crippen molar-refractivity contribution in [1.82, 2.24) is 15.2 Å². The van der Waals surface area contributed by atoms with Crippen LogP contribution in [0.4, 0.5) is 10.1 Å². The lowest BCUT2D eigenvalue weighted by Crippen LogP contribution is -2.52.